The van der Waals surface area contributed by atoms with Crippen molar-refractivity contribution in [2.45, 2.75) is 0 Å². The maximum absolute atomic E-state index is 14.3. The van der Waals surface area contributed by atoms with E-state index < -0.39 is 23.1 Å². The van der Waals surface area contributed by atoms with Crippen LogP contribution in [0.1, 0.15) is 5.56 Å². The summed E-state index contributed by atoms with van der Waals surface area (Å²) in [6.07, 6.45) is 0. The Kier molecular flexibility index (Phi) is 4.74. The van der Waals surface area contributed by atoms with Gasteiger partial charge in [0.15, 0.2) is 5.70 Å². The average molecular weight is 377 g/mol. The fourth-order valence-electron chi connectivity index (χ4n) is 2.59. The van der Waals surface area contributed by atoms with Gasteiger partial charge in [0, 0.05) is 15.8 Å². The molecular weight excluding hydrogens is 367 g/mol. The van der Waals surface area contributed by atoms with E-state index in [4.69, 9.17) is 11.6 Å². The minimum Gasteiger partial charge on any atom is -0.358 e. The van der Waals surface area contributed by atoms with Crippen molar-refractivity contribution in [2.24, 2.45) is 10.2 Å². The number of benzene rings is 2. The van der Waals surface area contributed by atoms with Crippen LogP contribution in [-0.4, -0.2) is 21.7 Å². The topological polar surface area (TPSA) is 108 Å². The third-order valence-electron chi connectivity index (χ3n) is 3.67. The van der Waals surface area contributed by atoms with Gasteiger partial charge >= 0.3 is 5.82 Å². The van der Waals surface area contributed by atoms with Gasteiger partial charge in [-0.1, -0.05) is 23.7 Å². The van der Waals surface area contributed by atoms with Gasteiger partial charge in [-0.2, -0.15) is 0 Å². The highest BCUT2D eigenvalue weighted by Crippen LogP contribution is 2.22. The quantitative estimate of drug-likeness (QED) is 0.501. The summed E-state index contributed by atoms with van der Waals surface area (Å²) in [7, 11) is 0. The average Bonchev–Trinajstić information content (AvgIpc) is 2.72. The SMILES string of the molecule is O=NC(=C1CN(O)C(c2ccccc2F)=c2cc(Cl)ccc2=N1)[N+](=O)[O-]. The van der Waals surface area contributed by atoms with E-state index in [9.17, 15) is 24.6 Å². The zero-order chi connectivity index (χ0) is 18.8. The summed E-state index contributed by atoms with van der Waals surface area (Å²) in [5, 5.41) is 25.2. The van der Waals surface area contributed by atoms with Crippen molar-refractivity contribution in [3.8, 4) is 0 Å². The van der Waals surface area contributed by atoms with E-state index in [1.807, 2.05) is 0 Å². The maximum Gasteiger partial charge on any atom is 0.438 e. The summed E-state index contributed by atoms with van der Waals surface area (Å²) < 4.78 is 14.3. The van der Waals surface area contributed by atoms with Gasteiger partial charge in [0.05, 0.1) is 17.6 Å². The summed E-state index contributed by atoms with van der Waals surface area (Å²) in [6.45, 7) is -0.544. The molecule has 0 spiro atoms. The molecule has 0 bridgehead atoms. The van der Waals surface area contributed by atoms with Gasteiger partial charge in [0.1, 0.15) is 5.82 Å². The molecule has 1 N–H and O–H groups in total. The normalized spacial score (nSPS) is 15.7. The molecule has 2 aromatic rings. The molecule has 0 fully saturated rings. The smallest absolute Gasteiger partial charge is 0.358 e. The summed E-state index contributed by atoms with van der Waals surface area (Å²) >= 11 is 6.01. The van der Waals surface area contributed by atoms with Crippen molar-refractivity contribution in [3.05, 3.63) is 96.0 Å². The molecule has 0 unspecified atom stereocenters. The van der Waals surface area contributed by atoms with E-state index in [-0.39, 0.29) is 32.6 Å². The van der Waals surface area contributed by atoms with Crippen molar-refractivity contribution in [3.63, 3.8) is 0 Å². The molecule has 1 aliphatic heterocycles. The van der Waals surface area contributed by atoms with Gasteiger partial charge in [-0.15, -0.1) is 0 Å². The van der Waals surface area contributed by atoms with Gasteiger partial charge in [-0.3, -0.25) is 5.21 Å². The number of nitroso groups, excluding NO2 is 1. The first-order valence-electron chi connectivity index (χ1n) is 7.23. The first kappa shape index (κ1) is 17.6. The second-order valence-corrected chi connectivity index (χ2v) is 5.71. The molecule has 0 atom stereocenters. The molecule has 26 heavy (non-hydrogen) atoms. The lowest BCUT2D eigenvalue weighted by Crippen LogP contribution is -2.32. The highest BCUT2D eigenvalue weighted by Gasteiger charge is 2.26. The predicted octanol–water partition coefficient (Wildman–Crippen LogP) is 2.17. The molecule has 0 amide bonds. The molecular formula is C16H10ClFN4O4. The molecule has 3 rings (SSSR count). The van der Waals surface area contributed by atoms with Crippen molar-refractivity contribution in [1.82, 2.24) is 5.06 Å². The van der Waals surface area contributed by atoms with Crippen molar-refractivity contribution in [1.29, 1.82) is 0 Å². The van der Waals surface area contributed by atoms with E-state index in [0.29, 0.717) is 5.06 Å². The van der Waals surface area contributed by atoms with Crippen LogP contribution in [0.25, 0.3) is 5.70 Å². The number of hydrogen-bond donors (Lipinski definition) is 1. The van der Waals surface area contributed by atoms with Gasteiger partial charge in [-0.05, 0) is 40.2 Å². The van der Waals surface area contributed by atoms with E-state index >= 15 is 0 Å². The molecule has 2 aromatic carbocycles. The third-order valence-corrected chi connectivity index (χ3v) is 3.91. The first-order chi connectivity index (χ1) is 12.4. The van der Waals surface area contributed by atoms with Gasteiger partial charge in [0.2, 0.25) is 5.18 Å². The van der Waals surface area contributed by atoms with Crippen LogP contribution in [0, 0.1) is 20.8 Å². The molecule has 8 nitrogen and oxygen atoms in total. The minimum absolute atomic E-state index is 0.00736. The Bertz CT molecular complexity index is 1070. The van der Waals surface area contributed by atoms with Crippen LogP contribution >= 0.6 is 11.6 Å². The standard InChI is InChI=1S/C16H10ClFN4O4/c17-9-5-6-13-11(7-9)15(10-3-1-2-4-12(10)18)21(24)8-14(19-13)16(20-23)22(25)26/h1-7,24H,8H2. The fraction of sp³-hybridized carbons (Fsp3) is 0.0625. The summed E-state index contributed by atoms with van der Waals surface area (Å²) in [5.74, 6) is -1.66. The number of nitrogens with zero attached hydrogens (tertiary/aromatic N) is 4. The molecule has 0 aliphatic carbocycles. The van der Waals surface area contributed by atoms with Crippen LogP contribution in [0.4, 0.5) is 4.39 Å². The van der Waals surface area contributed by atoms with Crippen molar-refractivity contribution >= 4 is 17.3 Å². The Morgan fingerprint density at radius 3 is 2.73 bits per heavy atom. The minimum atomic E-state index is -1.04. The summed E-state index contributed by atoms with van der Waals surface area (Å²) in [5.41, 5.74) is -0.327. The summed E-state index contributed by atoms with van der Waals surface area (Å²) in [6, 6.07) is 10.0. The second kappa shape index (κ2) is 6.98. The molecule has 0 saturated carbocycles. The van der Waals surface area contributed by atoms with Crippen LogP contribution in [0.5, 0.6) is 0 Å². The lowest BCUT2D eigenvalue weighted by atomic mass is 10.1. The Hall–Kier alpha value is -3.17. The third kappa shape index (κ3) is 3.17. The molecule has 0 saturated heterocycles. The van der Waals surface area contributed by atoms with Crippen molar-refractivity contribution in [2.75, 3.05) is 6.54 Å². The molecule has 0 radical (unpaired) electrons. The number of rotatable bonds is 3. The Morgan fingerprint density at radius 2 is 2.08 bits per heavy atom. The first-order valence-corrected chi connectivity index (χ1v) is 7.61. The van der Waals surface area contributed by atoms with Crippen LogP contribution < -0.4 is 10.6 Å². The molecule has 1 heterocycles. The molecule has 10 heteroatoms. The highest BCUT2D eigenvalue weighted by atomic mass is 35.5. The van der Waals surface area contributed by atoms with Crippen molar-refractivity contribution < 1.29 is 14.5 Å². The number of hydrogen-bond acceptors (Lipinski definition) is 7. The number of halogens is 2. The summed E-state index contributed by atoms with van der Waals surface area (Å²) in [4.78, 5) is 24.9. The number of fused-ring (bicyclic) bond motifs is 1. The van der Waals surface area contributed by atoms with Crippen LogP contribution in [0.3, 0.4) is 0 Å². The lowest BCUT2D eigenvalue weighted by Gasteiger charge is -2.19. The molecule has 1 aliphatic rings. The van der Waals surface area contributed by atoms with Gasteiger partial charge in [0.25, 0.3) is 0 Å². The molecule has 132 valence electrons. The number of hydroxylamine groups is 2. The van der Waals surface area contributed by atoms with Gasteiger partial charge in [-0.25, -0.2) is 14.4 Å². The Morgan fingerprint density at radius 1 is 1.35 bits per heavy atom. The number of nitro groups is 1. The Labute approximate surface area is 150 Å². The van der Waals surface area contributed by atoms with E-state index in [1.165, 1.54) is 36.4 Å². The fourth-order valence-corrected chi connectivity index (χ4v) is 2.76. The van der Waals surface area contributed by atoms with Crippen LogP contribution in [0.2, 0.25) is 5.02 Å². The zero-order valence-electron chi connectivity index (χ0n) is 13.0. The van der Waals surface area contributed by atoms with E-state index in [0.717, 1.165) is 0 Å². The second-order valence-electron chi connectivity index (χ2n) is 5.28. The predicted molar refractivity (Wildman–Crippen MR) is 89.5 cm³/mol. The van der Waals surface area contributed by atoms with Crippen LogP contribution in [-0.2, 0) is 0 Å². The van der Waals surface area contributed by atoms with Gasteiger partial charge < -0.3 is 10.1 Å². The van der Waals surface area contributed by atoms with Crippen LogP contribution in [0.15, 0.2) is 64.2 Å². The van der Waals surface area contributed by atoms with E-state index in [2.05, 4.69) is 10.2 Å². The maximum atomic E-state index is 14.3. The highest BCUT2D eigenvalue weighted by molar-refractivity contribution is 6.30. The largest absolute Gasteiger partial charge is 0.438 e. The zero-order valence-corrected chi connectivity index (χ0v) is 13.7. The van der Waals surface area contributed by atoms with E-state index in [1.54, 1.807) is 6.07 Å². The Balaban J connectivity index is 2.45. The lowest BCUT2D eigenvalue weighted by molar-refractivity contribution is -0.427. The molecule has 0 aromatic heterocycles. The monoisotopic (exact) mass is 376 g/mol.